The molecule has 0 spiro atoms. The normalized spacial score (nSPS) is 10.4. The summed E-state index contributed by atoms with van der Waals surface area (Å²) in [4.78, 5) is 11.6. The summed E-state index contributed by atoms with van der Waals surface area (Å²) in [6.45, 7) is 2.49. The molecule has 0 radical (unpaired) electrons. The van der Waals surface area contributed by atoms with Gasteiger partial charge in [0.25, 0.3) is 0 Å². The minimum atomic E-state index is -0.150. The average molecular weight is 228 g/mol. The van der Waals surface area contributed by atoms with Crippen LogP contribution in [0.3, 0.4) is 0 Å². The number of esters is 1. The molecule has 17 heavy (non-hydrogen) atoms. The van der Waals surface area contributed by atoms with Crippen molar-refractivity contribution >= 4 is 16.7 Å². The van der Waals surface area contributed by atoms with Gasteiger partial charge in [0.1, 0.15) is 0 Å². The minimum absolute atomic E-state index is 0.150. The summed E-state index contributed by atoms with van der Waals surface area (Å²) >= 11 is 0. The van der Waals surface area contributed by atoms with Crippen molar-refractivity contribution in [3.8, 4) is 0 Å². The van der Waals surface area contributed by atoms with E-state index in [-0.39, 0.29) is 5.97 Å². The van der Waals surface area contributed by atoms with E-state index < -0.39 is 0 Å². The Hall–Kier alpha value is -1.83. The van der Waals surface area contributed by atoms with Gasteiger partial charge >= 0.3 is 5.97 Å². The SMILES string of the molecule is CCCOC(=O)Cc1cccc2ccccc12. The van der Waals surface area contributed by atoms with Crippen LogP contribution in [0.1, 0.15) is 18.9 Å². The van der Waals surface area contributed by atoms with Gasteiger partial charge in [-0.25, -0.2) is 0 Å². The fourth-order valence-corrected chi connectivity index (χ4v) is 1.87. The zero-order valence-corrected chi connectivity index (χ0v) is 9.98. The molecule has 0 atom stereocenters. The molecular weight excluding hydrogens is 212 g/mol. The molecule has 0 aliphatic rings. The number of rotatable bonds is 4. The Morgan fingerprint density at radius 2 is 1.88 bits per heavy atom. The van der Waals surface area contributed by atoms with Crippen LogP contribution in [0.2, 0.25) is 0 Å². The highest BCUT2D eigenvalue weighted by Crippen LogP contribution is 2.19. The molecule has 0 bridgehead atoms. The first-order valence-corrected chi connectivity index (χ1v) is 5.93. The van der Waals surface area contributed by atoms with Crippen LogP contribution < -0.4 is 0 Å². The van der Waals surface area contributed by atoms with E-state index in [1.165, 1.54) is 0 Å². The number of ether oxygens (including phenoxy) is 1. The third-order valence-electron chi connectivity index (χ3n) is 2.68. The number of hydrogen-bond donors (Lipinski definition) is 0. The minimum Gasteiger partial charge on any atom is -0.465 e. The van der Waals surface area contributed by atoms with E-state index in [2.05, 4.69) is 12.1 Å². The molecule has 0 fully saturated rings. The van der Waals surface area contributed by atoms with Crippen LogP contribution in [0, 0.1) is 0 Å². The molecule has 0 aliphatic carbocycles. The van der Waals surface area contributed by atoms with Crippen molar-refractivity contribution in [3.63, 3.8) is 0 Å². The van der Waals surface area contributed by atoms with Crippen LogP contribution in [0.25, 0.3) is 10.8 Å². The Labute approximate surface area is 101 Å². The molecule has 0 aromatic heterocycles. The fraction of sp³-hybridized carbons (Fsp3) is 0.267. The molecule has 0 unspecified atom stereocenters. The van der Waals surface area contributed by atoms with Crippen molar-refractivity contribution in [2.75, 3.05) is 6.61 Å². The Morgan fingerprint density at radius 3 is 2.71 bits per heavy atom. The standard InChI is InChI=1S/C15H16O2/c1-2-10-17-15(16)11-13-8-5-7-12-6-3-4-9-14(12)13/h3-9H,2,10-11H2,1H3. The highest BCUT2D eigenvalue weighted by molar-refractivity contribution is 5.88. The quantitative estimate of drug-likeness (QED) is 0.750. The maximum Gasteiger partial charge on any atom is 0.310 e. The topological polar surface area (TPSA) is 26.3 Å². The van der Waals surface area contributed by atoms with Crippen LogP contribution in [-0.4, -0.2) is 12.6 Å². The van der Waals surface area contributed by atoms with Gasteiger partial charge in [-0.3, -0.25) is 4.79 Å². The third-order valence-corrected chi connectivity index (χ3v) is 2.68. The van der Waals surface area contributed by atoms with E-state index in [1.54, 1.807) is 0 Å². The van der Waals surface area contributed by atoms with Crippen LogP contribution in [0.4, 0.5) is 0 Å². The maximum atomic E-state index is 11.6. The second-order valence-corrected chi connectivity index (χ2v) is 4.04. The van der Waals surface area contributed by atoms with Gasteiger partial charge in [-0.15, -0.1) is 0 Å². The lowest BCUT2D eigenvalue weighted by Crippen LogP contribution is -2.08. The van der Waals surface area contributed by atoms with E-state index in [9.17, 15) is 4.79 Å². The van der Waals surface area contributed by atoms with Gasteiger partial charge in [-0.05, 0) is 22.8 Å². The molecule has 2 rings (SSSR count). The molecule has 0 heterocycles. The Morgan fingerprint density at radius 1 is 1.12 bits per heavy atom. The molecule has 0 amide bonds. The molecule has 0 N–H and O–H groups in total. The second kappa shape index (κ2) is 5.48. The van der Waals surface area contributed by atoms with Crippen LogP contribution in [-0.2, 0) is 16.0 Å². The van der Waals surface area contributed by atoms with Crippen LogP contribution in [0.15, 0.2) is 42.5 Å². The van der Waals surface area contributed by atoms with Crippen molar-refractivity contribution in [1.29, 1.82) is 0 Å². The predicted molar refractivity (Wildman–Crippen MR) is 68.9 cm³/mol. The van der Waals surface area contributed by atoms with Crippen molar-refractivity contribution in [3.05, 3.63) is 48.0 Å². The van der Waals surface area contributed by atoms with Gasteiger partial charge in [0, 0.05) is 0 Å². The van der Waals surface area contributed by atoms with Crippen molar-refractivity contribution in [2.45, 2.75) is 19.8 Å². The second-order valence-electron chi connectivity index (χ2n) is 4.04. The zero-order valence-electron chi connectivity index (χ0n) is 9.98. The van der Waals surface area contributed by atoms with E-state index in [1.807, 2.05) is 37.3 Å². The fourth-order valence-electron chi connectivity index (χ4n) is 1.87. The first kappa shape index (κ1) is 11.6. The van der Waals surface area contributed by atoms with Gasteiger partial charge in [-0.1, -0.05) is 49.4 Å². The Kier molecular flexibility index (Phi) is 3.76. The first-order valence-electron chi connectivity index (χ1n) is 5.93. The lowest BCUT2D eigenvalue weighted by molar-refractivity contribution is -0.142. The van der Waals surface area contributed by atoms with Gasteiger partial charge in [0.15, 0.2) is 0 Å². The molecule has 0 aliphatic heterocycles. The highest BCUT2D eigenvalue weighted by atomic mass is 16.5. The Bertz CT molecular complexity index is 512. The molecule has 2 heteroatoms. The van der Waals surface area contributed by atoms with E-state index in [4.69, 9.17) is 4.74 Å². The molecule has 2 aromatic rings. The number of carbonyl (C=O) groups excluding carboxylic acids is 1. The summed E-state index contributed by atoms with van der Waals surface area (Å²) in [5.41, 5.74) is 1.03. The highest BCUT2D eigenvalue weighted by Gasteiger charge is 2.07. The average Bonchev–Trinajstić information content (AvgIpc) is 2.37. The van der Waals surface area contributed by atoms with Crippen molar-refractivity contribution < 1.29 is 9.53 Å². The van der Waals surface area contributed by atoms with Crippen molar-refractivity contribution in [2.24, 2.45) is 0 Å². The predicted octanol–water partition coefficient (Wildman–Crippen LogP) is 3.34. The lowest BCUT2D eigenvalue weighted by Gasteiger charge is -2.06. The van der Waals surface area contributed by atoms with Crippen LogP contribution >= 0.6 is 0 Å². The zero-order chi connectivity index (χ0) is 12.1. The number of carbonyl (C=O) groups is 1. The largest absolute Gasteiger partial charge is 0.465 e. The van der Waals surface area contributed by atoms with Crippen LogP contribution in [0.5, 0.6) is 0 Å². The maximum absolute atomic E-state index is 11.6. The monoisotopic (exact) mass is 228 g/mol. The summed E-state index contributed by atoms with van der Waals surface area (Å²) < 4.78 is 5.11. The molecule has 0 saturated heterocycles. The van der Waals surface area contributed by atoms with Gasteiger partial charge in [0.05, 0.1) is 13.0 Å². The number of hydrogen-bond acceptors (Lipinski definition) is 2. The van der Waals surface area contributed by atoms with Crippen molar-refractivity contribution in [1.82, 2.24) is 0 Å². The van der Waals surface area contributed by atoms with Gasteiger partial charge in [-0.2, -0.15) is 0 Å². The molecule has 88 valence electrons. The van der Waals surface area contributed by atoms with Gasteiger partial charge < -0.3 is 4.74 Å². The third kappa shape index (κ3) is 2.84. The summed E-state index contributed by atoms with van der Waals surface area (Å²) in [5.74, 6) is -0.150. The lowest BCUT2D eigenvalue weighted by atomic mass is 10.0. The molecule has 2 nitrogen and oxygen atoms in total. The Balaban J connectivity index is 2.21. The molecule has 2 aromatic carbocycles. The van der Waals surface area contributed by atoms with E-state index >= 15 is 0 Å². The van der Waals surface area contributed by atoms with E-state index in [0.717, 1.165) is 22.8 Å². The summed E-state index contributed by atoms with van der Waals surface area (Å²) in [7, 11) is 0. The molecule has 0 saturated carbocycles. The summed E-state index contributed by atoms with van der Waals surface area (Å²) in [5, 5.41) is 2.29. The van der Waals surface area contributed by atoms with E-state index in [0.29, 0.717) is 13.0 Å². The number of fused-ring (bicyclic) bond motifs is 1. The summed E-state index contributed by atoms with van der Waals surface area (Å²) in [6, 6.07) is 14.1. The number of benzene rings is 2. The summed E-state index contributed by atoms with van der Waals surface area (Å²) in [6.07, 6.45) is 1.21. The van der Waals surface area contributed by atoms with Gasteiger partial charge in [0.2, 0.25) is 0 Å². The molecular formula is C15H16O2. The smallest absolute Gasteiger partial charge is 0.310 e. The first-order chi connectivity index (χ1) is 8.31.